The Kier molecular flexibility index (Phi) is 8.84. The summed E-state index contributed by atoms with van der Waals surface area (Å²) in [5, 5.41) is 2.73. The van der Waals surface area contributed by atoms with Gasteiger partial charge in [0.05, 0.1) is 18.8 Å². The number of fused-ring (bicyclic) bond motifs is 1. The molecule has 2 rings (SSSR count). The number of pyridine rings is 1. The molecule has 2 aromatic rings. The van der Waals surface area contributed by atoms with Crippen molar-refractivity contribution in [3.8, 4) is 0 Å². The Morgan fingerprint density at radius 3 is 2.86 bits per heavy atom. The predicted octanol–water partition coefficient (Wildman–Crippen LogP) is 1.53. The van der Waals surface area contributed by atoms with E-state index in [0.717, 1.165) is 15.8 Å². The van der Waals surface area contributed by atoms with Crippen LogP contribution < -0.4 is 11.1 Å². The maximum atomic E-state index is 11.6. The number of imidazole rings is 1. The minimum absolute atomic E-state index is 0. The predicted molar refractivity (Wildman–Crippen MR) is 89.1 cm³/mol. The fourth-order valence-corrected chi connectivity index (χ4v) is 2.02. The fraction of sp³-hybridized carbons (Fsp3) is 0.333. The Morgan fingerprint density at radius 1 is 1.48 bits per heavy atom. The molecular formula is C12H17BrCl2N4O2. The van der Waals surface area contributed by atoms with E-state index >= 15 is 0 Å². The maximum absolute atomic E-state index is 11.6. The van der Waals surface area contributed by atoms with Gasteiger partial charge in [-0.15, -0.1) is 24.8 Å². The number of carbonyl (C=O) groups excluding carboxylic acids is 1. The molecule has 0 aromatic carbocycles. The molecule has 2 heterocycles. The van der Waals surface area contributed by atoms with Gasteiger partial charge in [0.2, 0.25) is 5.91 Å². The van der Waals surface area contributed by atoms with Crippen molar-refractivity contribution in [2.24, 2.45) is 5.73 Å². The fourth-order valence-electron chi connectivity index (χ4n) is 1.67. The van der Waals surface area contributed by atoms with E-state index in [-0.39, 0.29) is 37.3 Å². The molecule has 2 aromatic heterocycles. The second kappa shape index (κ2) is 9.22. The molecule has 0 spiro atoms. The number of nitrogens with one attached hydrogen (secondary N) is 1. The summed E-state index contributed by atoms with van der Waals surface area (Å²) >= 11 is 3.39. The van der Waals surface area contributed by atoms with Crippen LogP contribution in [0.15, 0.2) is 29.0 Å². The highest BCUT2D eigenvalue weighted by Gasteiger charge is 2.13. The number of hydrogen-bond donors (Lipinski definition) is 2. The average Bonchev–Trinajstić information content (AvgIpc) is 2.78. The zero-order valence-electron chi connectivity index (χ0n) is 11.3. The second-order valence-corrected chi connectivity index (χ2v) is 5.04. The first kappa shape index (κ1) is 20.1. The van der Waals surface area contributed by atoms with Crippen molar-refractivity contribution in [1.82, 2.24) is 14.7 Å². The number of halogens is 3. The number of ether oxygens (including phenoxy) is 1. The highest BCUT2D eigenvalue weighted by atomic mass is 79.9. The summed E-state index contributed by atoms with van der Waals surface area (Å²) < 4.78 is 7.68. The molecule has 0 bridgehead atoms. The van der Waals surface area contributed by atoms with Crippen molar-refractivity contribution >= 4 is 52.3 Å². The van der Waals surface area contributed by atoms with Crippen molar-refractivity contribution < 1.29 is 9.53 Å². The molecule has 3 N–H and O–H groups in total. The van der Waals surface area contributed by atoms with Gasteiger partial charge in [-0.2, -0.15) is 0 Å². The zero-order chi connectivity index (χ0) is 13.8. The molecular weight excluding hydrogens is 383 g/mol. The lowest BCUT2D eigenvalue weighted by Gasteiger charge is -2.09. The molecule has 0 saturated heterocycles. The lowest BCUT2D eigenvalue weighted by atomic mass is 10.3. The lowest BCUT2D eigenvalue weighted by molar-refractivity contribution is -0.123. The van der Waals surface area contributed by atoms with Gasteiger partial charge in [0.1, 0.15) is 11.7 Å². The normalized spacial score (nSPS) is 11.4. The molecule has 0 fully saturated rings. The standard InChI is InChI=1S/C12H15BrN4O2.2ClH/c1-19-7-10(14)12(18)15-4-9-6-17-5-8(13)2-3-11(17)16-9;;/h2-3,5-6,10H,4,7,14H2,1H3,(H,15,18);2*1H. The summed E-state index contributed by atoms with van der Waals surface area (Å²) in [5.74, 6) is -0.250. The van der Waals surface area contributed by atoms with E-state index in [9.17, 15) is 4.79 Å². The van der Waals surface area contributed by atoms with Gasteiger partial charge in [0, 0.05) is 24.0 Å². The third-order valence-electron chi connectivity index (χ3n) is 2.59. The quantitative estimate of drug-likeness (QED) is 0.798. The summed E-state index contributed by atoms with van der Waals surface area (Å²) in [6, 6.07) is 3.15. The summed E-state index contributed by atoms with van der Waals surface area (Å²) in [4.78, 5) is 16.0. The molecule has 0 saturated carbocycles. The number of rotatable bonds is 5. The van der Waals surface area contributed by atoms with E-state index in [1.165, 1.54) is 7.11 Å². The first-order valence-corrected chi connectivity index (χ1v) is 6.55. The van der Waals surface area contributed by atoms with Crippen LogP contribution in [0.3, 0.4) is 0 Å². The van der Waals surface area contributed by atoms with Crippen molar-refractivity contribution in [3.63, 3.8) is 0 Å². The highest BCUT2D eigenvalue weighted by molar-refractivity contribution is 9.10. The Hall–Kier alpha value is -0.860. The molecule has 1 atom stereocenters. The third kappa shape index (κ3) is 5.44. The van der Waals surface area contributed by atoms with Gasteiger partial charge in [0.25, 0.3) is 0 Å². The molecule has 0 aliphatic carbocycles. The van der Waals surface area contributed by atoms with E-state index < -0.39 is 6.04 Å². The molecule has 1 amide bonds. The average molecular weight is 400 g/mol. The summed E-state index contributed by atoms with van der Waals surface area (Å²) in [7, 11) is 1.51. The first-order chi connectivity index (χ1) is 9.10. The number of aromatic nitrogens is 2. The van der Waals surface area contributed by atoms with Crippen LogP contribution in [0.4, 0.5) is 0 Å². The largest absolute Gasteiger partial charge is 0.383 e. The van der Waals surface area contributed by atoms with Crippen LogP contribution in [0.5, 0.6) is 0 Å². The van der Waals surface area contributed by atoms with E-state index in [4.69, 9.17) is 10.5 Å². The van der Waals surface area contributed by atoms with E-state index in [0.29, 0.717) is 6.54 Å². The van der Waals surface area contributed by atoms with Gasteiger partial charge >= 0.3 is 0 Å². The molecule has 21 heavy (non-hydrogen) atoms. The van der Waals surface area contributed by atoms with Crippen molar-refractivity contribution in [2.75, 3.05) is 13.7 Å². The Morgan fingerprint density at radius 2 is 2.19 bits per heavy atom. The molecule has 9 heteroatoms. The Labute approximate surface area is 143 Å². The van der Waals surface area contributed by atoms with Crippen LogP contribution in [0.2, 0.25) is 0 Å². The van der Waals surface area contributed by atoms with Crippen LogP contribution >= 0.6 is 40.7 Å². The monoisotopic (exact) mass is 398 g/mol. The van der Waals surface area contributed by atoms with Gasteiger partial charge in [0.15, 0.2) is 0 Å². The van der Waals surface area contributed by atoms with Gasteiger partial charge in [-0.05, 0) is 28.1 Å². The smallest absolute Gasteiger partial charge is 0.239 e. The number of amides is 1. The highest BCUT2D eigenvalue weighted by Crippen LogP contribution is 2.12. The summed E-state index contributed by atoms with van der Waals surface area (Å²) in [6.07, 6.45) is 3.77. The van der Waals surface area contributed by atoms with Gasteiger partial charge in [-0.3, -0.25) is 4.79 Å². The number of methoxy groups -OCH3 is 1. The summed E-state index contributed by atoms with van der Waals surface area (Å²) in [5.41, 5.74) is 7.22. The second-order valence-electron chi connectivity index (χ2n) is 4.12. The Balaban J connectivity index is 0.00000200. The minimum atomic E-state index is -0.656. The van der Waals surface area contributed by atoms with Crippen LogP contribution in [0, 0.1) is 0 Å². The summed E-state index contributed by atoms with van der Waals surface area (Å²) in [6.45, 7) is 0.541. The topological polar surface area (TPSA) is 81.6 Å². The number of hydrogen-bond acceptors (Lipinski definition) is 4. The van der Waals surface area contributed by atoms with E-state index in [1.807, 2.05) is 28.9 Å². The zero-order valence-corrected chi connectivity index (χ0v) is 14.5. The Bertz CT molecular complexity index is 594. The van der Waals surface area contributed by atoms with Gasteiger partial charge in [-0.25, -0.2) is 4.98 Å². The lowest BCUT2D eigenvalue weighted by Crippen LogP contribution is -2.43. The molecule has 0 aliphatic rings. The van der Waals surface area contributed by atoms with Crippen molar-refractivity contribution in [2.45, 2.75) is 12.6 Å². The molecule has 1 unspecified atom stereocenters. The van der Waals surface area contributed by atoms with Crippen LogP contribution in [-0.4, -0.2) is 35.1 Å². The first-order valence-electron chi connectivity index (χ1n) is 5.75. The van der Waals surface area contributed by atoms with Crippen molar-refractivity contribution in [3.05, 3.63) is 34.7 Å². The van der Waals surface area contributed by atoms with Gasteiger partial charge in [-0.1, -0.05) is 0 Å². The molecule has 0 aliphatic heterocycles. The van der Waals surface area contributed by atoms with Crippen LogP contribution in [0.25, 0.3) is 5.65 Å². The van der Waals surface area contributed by atoms with E-state index in [2.05, 4.69) is 26.2 Å². The number of nitrogens with two attached hydrogens (primary N) is 1. The van der Waals surface area contributed by atoms with E-state index in [1.54, 1.807) is 0 Å². The third-order valence-corrected chi connectivity index (χ3v) is 3.06. The van der Waals surface area contributed by atoms with Gasteiger partial charge < -0.3 is 20.2 Å². The molecule has 0 radical (unpaired) electrons. The minimum Gasteiger partial charge on any atom is -0.383 e. The van der Waals surface area contributed by atoms with Crippen LogP contribution in [-0.2, 0) is 16.1 Å². The number of nitrogens with zero attached hydrogens (tertiary/aromatic N) is 2. The molecule has 6 nitrogen and oxygen atoms in total. The van der Waals surface area contributed by atoms with Crippen LogP contribution in [0.1, 0.15) is 5.69 Å². The maximum Gasteiger partial charge on any atom is 0.239 e. The molecule has 118 valence electrons. The van der Waals surface area contributed by atoms with Crippen molar-refractivity contribution in [1.29, 1.82) is 0 Å². The SMILES string of the molecule is COCC(N)C(=O)NCc1cn2cc(Br)ccc2n1.Cl.Cl. The number of carbonyl (C=O) groups is 1.